The molecule has 0 saturated carbocycles. The molecule has 0 bridgehead atoms. The van der Waals surface area contributed by atoms with Gasteiger partial charge in [-0.1, -0.05) is 30.3 Å². The highest BCUT2D eigenvalue weighted by Gasteiger charge is 2.11. The molecule has 2 aromatic rings. The van der Waals surface area contributed by atoms with Crippen molar-refractivity contribution in [2.75, 3.05) is 7.11 Å². The van der Waals surface area contributed by atoms with E-state index in [2.05, 4.69) is 10.1 Å². The summed E-state index contributed by atoms with van der Waals surface area (Å²) in [4.78, 5) is 11.3. The van der Waals surface area contributed by atoms with Crippen LogP contribution in [-0.4, -0.2) is 19.1 Å². The van der Waals surface area contributed by atoms with Crippen LogP contribution in [0, 0.1) is 0 Å². The molecule has 4 nitrogen and oxygen atoms in total. The van der Waals surface area contributed by atoms with E-state index in [1.807, 2.05) is 54.6 Å². The standard InChI is InChI=1S/C17H19NO3/c1-13(17(19)20-2)18-12-14-7-6-10-16(11-14)21-15-8-4-3-5-9-15/h3-11,13,18H,12H2,1-2H3. The number of methoxy groups -OCH3 is 1. The molecule has 0 radical (unpaired) electrons. The van der Waals surface area contributed by atoms with Crippen molar-refractivity contribution in [1.82, 2.24) is 5.32 Å². The summed E-state index contributed by atoms with van der Waals surface area (Å²) in [5.74, 6) is 1.29. The van der Waals surface area contributed by atoms with Crippen molar-refractivity contribution in [2.45, 2.75) is 19.5 Å². The molecule has 4 heteroatoms. The summed E-state index contributed by atoms with van der Waals surface area (Å²) in [7, 11) is 1.38. The summed E-state index contributed by atoms with van der Waals surface area (Å²) >= 11 is 0. The van der Waals surface area contributed by atoms with E-state index in [4.69, 9.17) is 4.74 Å². The van der Waals surface area contributed by atoms with Crippen LogP contribution in [0.2, 0.25) is 0 Å². The molecule has 1 atom stereocenters. The van der Waals surface area contributed by atoms with Crippen LogP contribution in [0.4, 0.5) is 0 Å². The number of ether oxygens (including phenoxy) is 2. The lowest BCUT2D eigenvalue weighted by atomic mass is 10.2. The molecule has 0 aliphatic rings. The first-order chi connectivity index (χ1) is 10.2. The predicted octanol–water partition coefficient (Wildman–Crippen LogP) is 3.13. The van der Waals surface area contributed by atoms with E-state index in [0.29, 0.717) is 6.54 Å². The van der Waals surface area contributed by atoms with Gasteiger partial charge in [0, 0.05) is 6.54 Å². The molecule has 21 heavy (non-hydrogen) atoms. The Morgan fingerprint density at radius 3 is 2.52 bits per heavy atom. The summed E-state index contributed by atoms with van der Waals surface area (Å²) in [6, 6.07) is 17.0. The van der Waals surface area contributed by atoms with Crippen LogP contribution in [0.15, 0.2) is 54.6 Å². The summed E-state index contributed by atoms with van der Waals surface area (Å²) in [5, 5.41) is 3.11. The summed E-state index contributed by atoms with van der Waals surface area (Å²) in [6.07, 6.45) is 0. The average molecular weight is 285 g/mol. The molecule has 0 amide bonds. The van der Waals surface area contributed by atoms with E-state index >= 15 is 0 Å². The van der Waals surface area contributed by atoms with E-state index in [9.17, 15) is 4.79 Å². The molecule has 0 heterocycles. The van der Waals surface area contributed by atoms with E-state index < -0.39 is 0 Å². The van der Waals surface area contributed by atoms with E-state index in [-0.39, 0.29) is 12.0 Å². The van der Waals surface area contributed by atoms with Crippen LogP contribution in [-0.2, 0) is 16.1 Å². The monoisotopic (exact) mass is 285 g/mol. The van der Waals surface area contributed by atoms with E-state index in [1.165, 1.54) is 7.11 Å². The second-order valence-electron chi connectivity index (χ2n) is 4.69. The fourth-order valence-electron chi connectivity index (χ4n) is 1.87. The lowest BCUT2D eigenvalue weighted by Gasteiger charge is -2.12. The Morgan fingerprint density at radius 1 is 1.10 bits per heavy atom. The van der Waals surface area contributed by atoms with Gasteiger partial charge in [-0.05, 0) is 36.8 Å². The maximum absolute atomic E-state index is 11.3. The van der Waals surface area contributed by atoms with Crippen LogP contribution < -0.4 is 10.1 Å². The fraction of sp³-hybridized carbons (Fsp3) is 0.235. The topological polar surface area (TPSA) is 47.6 Å². The Bertz CT molecular complexity index is 584. The van der Waals surface area contributed by atoms with Crippen LogP contribution in [0.1, 0.15) is 12.5 Å². The Balaban J connectivity index is 1.96. The van der Waals surface area contributed by atoms with Crippen molar-refractivity contribution >= 4 is 5.97 Å². The van der Waals surface area contributed by atoms with Gasteiger partial charge in [0.05, 0.1) is 7.11 Å². The van der Waals surface area contributed by atoms with Crippen LogP contribution >= 0.6 is 0 Å². The first-order valence-electron chi connectivity index (χ1n) is 6.82. The Morgan fingerprint density at radius 2 is 1.81 bits per heavy atom. The second kappa shape index (κ2) is 7.45. The van der Waals surface area contributed by atoms with Gasteiger partial charge in [-0.25, -0.2) is 0 Å². The molecule has 0 aliphatic heterocycles. The molecule has 1 unspecified atom stereocenters. The largest absolute Gasteiger partial charge is 0.468 e. The zero-order chi connectivity index (χ0) is 15.1. The van der Waals surface area contributed by atoms with Crippen LogP contribution in [0.5, 0.6) is 11.5 Å². The fourth-order valence-corrected chi connectivity index (χ4v) is 1.87. The molecule has 0 aliphatic carbocycles. The average Bonchev–Trinajstić information content (AvgIpc) is 2.53. The third-order valence-corrected chi connectivity index (χ3v) is 3.04. The van der Waals surface area contributed by atoms with Crippen molar-refractivity contribution < 1.29 is 14.3 Å². The van der Waals surface area contributed by atoms with Crippen molar-refractivity contribution in [1.29, 1.82) is 0 Å². The van der Waals surface area contributed by atoms with Crippen molar-refractivity contribution in [3.05, 3.63) is 60.2 Å². The van der Waals surface area contributed by atoms with Gasteiger partial charge >= 0.3 is 5.97 Å². The molecule has 0 aromatic heterocycles. The zero-order valence-electron chi connectivity index (χ0n) is 12.2. The van der Waals surface area contributed by atoms with Gasteiger partial charge in [-0.2, -0.15) is 0 Å². The summed E-state index contributed by atoms with van der Waals surface area (Å²) < 4.78 is 10.5. The van der Waals surface area contributed by atoms with E-state index in [1.54, 1.807) is 6.92 Å². The smallest absolute Gasteiger partial charge is 0.322 e. The maximum atomic E-state index is 11.3. The Hall–Kier alpha value is -2.33. The molecule has 1 N–H and O–H groups in total. The molecule has 110 valence electrons. The predicted molar refractivity (Wildman–Crippen MR) is 81.3 cm³/mol. The van der Waals surface area contributed by atoms with Gasteiger partial charge in [0.15, 0.2) is 0 Å². The molecule has 0 spiro atoms. The normalized spacial score (nSPS) is 11.7. The minimum atomic E-state index is -0.339. The molecule has 2 rings (SSSR count). The number of esters is 1. The van der Waals surface area contributed by atoms with Crippen molar-refractivity contribution in [3.8, 4) is 11.5 Å². The molecule has 2 aromatic carbocycles. The highest BCUT2D eigenvalue weighted by atomic mass is 16.5. The van der Waals surface area contributed by atoms with Gasteiger partial charge in [0.1, 0.15) is 17.5 Å². The van der Waals surface area contributed by atoms with Crippen LogP contribution in [0.3, 0.4) is 0 Å². The third kappa shape index (κ3) is 4.61. The molecular formula is C17H19NO3. The Kier molecular flexibility index (Phi) is 5.35. The summed E-state index contributed by atoms with van der Waals surface area (Å²) in [5.41, 5.74) is 1.04. The lowest BCUT2D eigenvalue weighted by molar-refractivity contribution is -0.142. The van der Waals surface area contributed by atoms with Gasteiger partial charge in [0.2, 0.25) is 0 Å². The number of hydrogen-bond donors (Lipinski definition) is 1. The number of carbonyl (C=O) groups excluding carboxylic acids is 1. The first-order valence-corrected chi connectivity index (χ1v) is 6.82. The number of carbonyl (C=O) groups is 1. The van der Waals surface area contributed by atoms with Crippen molar-refractivity contribution in [3.63, 3.8) is 0 Å². The van der Waals surface area contributed by atoms with Crippen molar-refractivity contribution in [2.24, 2.45) is 0 Å². The van der Waals surface area contributed by atoms with Gasteiger partial charge in [-0.15, -0.1) is 0 Å². The number of para-hydroxylation sites is 1. The van der Waals surface area contributed by atoms with Gasteiger partial charge in [0.25, 0.3) is 0 Å². The zero-order valence-corrected chi connectivity index (χ0v) is 12.2. The third-order valence-electron chi connectivity index (χ3n) is 3.04. The van der Waals surface area contributed by atoms with Gasteiger partial charge in [-0.3, -0.25) is 4.79 Å². The first kappa shape index (κ1) is 15.1. The number of nitrogens with one attached hydrogen (secondary N) is 1. The van der Waals surface area contributed by atoms with E-state index in [0.717, 1.165) is 17.1 Å². The molecule has 0 saturated heterocycles. The van der Waals surface area contributed by atoms with Gasteiger partial charge < -0.3 is 14.8 Å². The molecule has 0 fully saturated rings. The lowest BCUT2D eigenvalue weighted by Crippen LogP contribution is -2.34. The van der Waals surface area contributed by atoms with Crippen LogP contribution in [0.25, 0.3) is 0 Å². The number of rotatable bonds is 6. The SMILES string of the molecule is COC(=O)C(C)NCc1cccc(Oc2ccccc2)c1. The minimum absolute atomic E-state index is 0.272. The Labute approximate surface area is 124 Å². The maximum Gasteiger partial charge on any atom is 0.322 e. The summed E-state index contributed by atoms with van der Waals surface area (Å²) in [6.45, 7) is 2.35. The minimum Gasteiger partial charge on any atom is -0.468 e. The highest BCUT2D eigenvalue weighted by molar-refractivity contribution is 5.75. The quantitative estimate of drug-likeness (QED) is 0.828. The second-order valence-corrected chi connectivity index (χ2v) is 4.69. The molecular weight excluding hydrogens is 266 g/mol. The number of hydrogen-bond acceptors (Lipinski definition) is 4. The highest BCUT2D eigenvalue weighted by Crippen LogP contribution is 2.21. The number of benzene rings is 2.